The summed E-state index contributed by atoms with van der Waals surface area (Å²) < 4.78 is 7.37. The number of hydrogen-bond acceptors (Lipinski definition) is 3. The fraction of sp³-hybridized carbons (Fsp3) is 0.700. The average Bonchev–Trinajstić information content (AvgIpc) is 2.61. The first-order chi connectivity index (χ1) is 6.58. The van der Waals surface area contributed by atoms with Crippen molar-refractivity contribution in [3.8, 4) is 5.75 Å². The van der Waals surface area contributed by atoms with E-state index in [-0.39, 0.29) is 6.10 Å². The Morgan fingerprint density at radius 2 is 2.50 bits per heavy atom. The minimum atomic E-state index is -0.685. The van der Waals surface area contributed by atoms with Crippen molar-refractivity contribution in [2.75, 3.05) is 0 Å². The molecule has 1 saturated carbocycles. The molecule has 0 aromatic carbocycles. The first-order valence-corrected chi connectivity index (χ1v) is 4.95. The van der Waals surface area contributed by atoms with Crippen LogP contribution in [0.5, 0.6) is 5.75 Å². The predicted molar refractivity (Wildman–Crippen MR) is 52.1 cm³/mol. The molecule has 1 aliphatic carbocycles. The molecule has 2 rings (SSSR count). The van der Waals surface area contributed by atoms with E-state index in [0.717, 1.165) is 25.0 Å². The molecule has 0 radical (unpaired) electrons. The minimum Gasteiger partial charge on any atom is -0.484 e. The van der Waals surface area contributed by atoms with Crippen LogP contribution in [0.4, 0.5) is 0 Å². The molecule has 0 amide bonds. The minimum absolute atomic E-state index is 0.0910. The summed E-state index contributed by atoms with van der Waals surface area (Å²) >= 11 is 0. The summed E-state index contributed by atoms with van der Waals surface area (Å²) in [6, 6.07) is 0. The zero-order valence-electron chi connectivity index (χ0n) is 8.60. The van der Waals surface area contributed by atoms with E-state index in [1.165, 1.54) is 0 Å². The number of aromatic nitrogens is 2. The van der Waals surface area contributed by atoms with E-state index in [1.54, 1.807) is 10.9 Å². The van der Waals surface area contributed by atoms with E-state index in [4.69, 9.17) is 4.74 Å². The van der Waals surface area contributed by atoms with Crippen LogP contribution in [0.25, 0.3) is 0 Å². The first kappa shape index (κ1) is 9.52. The molecular weight excluding hydrogens is 180 g/mol. The summed E-state index contributed by atoms with van der Waals surface area (Å²) in [5.41, 5.74) is -0.685. The van der Waals surface area contributed by atoms with Crippen LogP contribution >= 0.6 is 0 Å². The summed E-state index contributed by atoms with van der Waals surface area (Å²) in [7, 11) is 1.85. The lowest BCUT2D eigenvalue weighted by molar-refractivity contribution is -0.0252. The average molecular weight is 196 g/mol. The highest BCUT2D eigenvalue weighted by Gasteiger charge is 2.38. The van der Waals surface area contributed by atoms with E-state index < -0.39 is 5.60 Å². The van der Waals surface area contributed by atoms with Crippen LogP contribution in [0.15, 0.2) is 12.4 Å². The maximum atomic E-state index is 9.97. The van der Waals surface area contributed by atoms with Gasteiger partial charge in [0, 0.05) is 7.05 Å². The topological polar surface area (TPSA) is 47.3 Å². The highest BCUT2D eigenvalue weighted by molar-refractivity contribution is 5.13. The standard InChI is InChI=1S/C10H16N2O2/c1-10(13)5-3-4-9(10)14-8-6-11-12(2)7-8/h6-7,9,13H,3-5H2,1-2H3. The van der Waals surface area contributed by atoms with Crippen molar-refractivity contribution >= 4 is 0 Å². The van der Waals surface area contributed by atoms with Crippen molar-refractivity contribution in [3.05, 3.63) is 12.4 Å². The molecule has 1 aromatic heterocycles. The van der Waals surface area contributed by atoms with Crippen LogP contribution in [0.3, 0.4) is 0 Å². The quantitative estimate of drug-likeness (QED) is 0.770. The van der Waals surface area contributed by atoms with E-state index >= 15 is 0 Å². The van der Waals surface area contributed by atoms with Crippen molar-refractivity contribution in [1.29, 1.82) is 0 Å². The molecule has 1 fully saturated rings. The molecule has 0 bridgehead atoms. The highest BCUT2D eigenvalue weighted by atomic mass is 16.5. The number of aryl methyl sites for hydroxylation is 1. The van der Waals surface area contributed by atoms with Gasteiger partial charge in [-0.3, -0.25) is 4.68 Å². The molecule has 78 valence electrons. The van der Waals surface area contributed by atoms with Gasteiger partial charge in [-0.05, 0) is 26.2 Å². The van der Waals surface area contributed by atoms with Gasteiger partial charge in [0.25, 0.3) is 0 Å². The maximum Gasteiger partial charge on any atom is 0.157 e. The molecule has 1 aromatic rings. The van der Waals surface area contributed by atoms with Crippen LogP contribution in [0.2, 0.25) is 0 Å². The lowest BCUT2D eigenvalue weighted by Crippen LogP contribution is -2.37. The van der Waals surface area contributed by atoms with E-state index in [2.05, 4.69) is 5.10 Å². The Bertz CT molecular complexity index is 320. The smallest absolute Gasteiger partial charge is 0.157 e. The van der Waals surface area contributed by atoms with Crippen molar-refractivity contribution in [2.45, 2.75) is 37.9 Å². The zero-order chi connectivity index (χ0) is 10.2. The molecule has 1 heterocycles. The molecule has 1 aliphatic rings. The number of nitrogens with zero attached hydrogens (tertiary/aromatic N) is 2. The van der Waals surface area contributed by atoms with Gasteiger partial charge >= 0.3 is 0 Å². The molecule has 0 aliphatic heterocycles. The lowest BCUT2D eigenvalue weighted by Gasteiger charge is -2.25. The molecule has 2 unspecified atom stereocenters. The largest absolute Gasteiger partial charge is 0.484 e. The second kappa shape index (κ2) is 3.28. The van der Waals surface area contributed by atoms with Crippen molar-refractivity contribution in [2.24, 2.45) is 7.05 Å². The highest BCUT2D eigenvalue weighted by Crippen LogP contribution is 2.32. The third-order valence-corrected chi connectivity index (χ3v) is 2.80. The van der Waals surface area contributed by atoms with Crippen LogP contribution in [-0.4, -0.2) is 26.6 Å². The van der Waals surface area contributed by atoms with E-state index in [0.29, 0.717) is 0 Å². The van der Waals surface area contributed by atoms with Gasteiger partial charge in [0.2, 0.25) is 0 Å². The number of rotatable bonds is 2. The van der Waals surface area contributed by atoms with E-state index in [1.807, 2.05) is 20.2 Å². The van der Waals surface area contributed by atoms with Gasteiger partial charge < -0.3 is 9.84 Å². The number of ether oxygens (including phenoxy) is 1. The maximum absolute atomic E-state index is 9.97. The number of hydrogen-bond donors (Lipinski definition) is 1. The Morgan fingerprint density at radius 1 is 1.71 bits per heavy atom. The normalized spacial score (nSPS) is 32.1. The molecule has 4 nitrogen and oxygen atoms in total. The van der Waals surface area contributed by atoms with Gasteiger partial charge in [0.15, 0.2) is 5.75 Å². The number of aliphatic hydroxyl groups is 1. The molecular formula is C10H16N2O2. The third-order valence-electron chi connectivity index (χ3n) is 2.80. The van der Waals surface area contributed by atoms with Crippen molar-refractivity contribution < 1.29 is 9.84 Å². The van der Waals surface area contributed by atoms with Gasteiger partial charge in [0.05, 0.1) is 18.0 Å². The molecule has 0 saturated heterocycles. The fourth-order valence-corrected chi connectivity index (χ4v) is 1.93. The Hall–Kier alpha value is -1.03. The van der Waals surface area contributed by atoms with Crippen molar-refractivity contribution in [3.63, 3.8) is 0 Å². The Balaban J connectivity index is 2.04. The van der Waals surface area contributed by atoms with Gasteiger partial charge in [0.1, 0.15) is 6.10 Å². The Labute approximate surface area is 83.5 Å². The summed E-state index contributed by atoms with van der Waals surface area (Å²) in [4.78, 5) is 0. The van der Waals surface area contributed by atoms with Gasteiger partial charge in [-0.2, -0.15) is 5.10 Å². The van der Waals surface area contributed by atoms with Gasteiger partial charge in [-0.15, -0.1) is 0 Å². The van der Waals surface area contributed by atoms with Crippen LogP contribution in [0.1, 0.15) is 26.2 Å². The fourth-order valence-electron chi connectivity index (χ4n) is 1.93. The summed E-state index contributed by atoms with van der Waals surface area (Å²) in [6.07, 6.45) is 6.16. The SMILES string of the molecule is Cn1cc(OC2CCCC2(C)O)cn1. The lowest BCUT2D eigenvalue weighted by atomic mass is 10.0. The van der Waals surface area contributed by atoms with Crippen molar-refractivity contribution in [1.82, 2.24) is 9.78 Å². The summed E-state index contributed by atoms with van der Waals surface area (Å²) in [6.45, 7) is 1.83. The molecule has 0 spiro atoms. The first-order valence-electron chi connectivity index (χ1n) is 4.95. The van der Waals surface area contributed by atoms with Gasteiger partial charge in [-0.25, -0.2) is 0 Å². The monoisotopic (exact) mass is 196 g/mol. The Morgan fingerprint density at radius 3 is 3.00 bits per heavy atom. The van der Waals surface area contributed by atoms with Gasteiger partial charge in [-0.1, -0.05) is 0 Å². The summed E-state index contributed by atoms with van der Waals surface area (Å²) in [5.74, 6) is 0.736. The van der Waals surface area contributed by atoms with E-state index in [9.17, 15) is 5.11 Å². The molecule has 14 heavy (non-hydrogen) atoms. The molecule has 2 atom stereocenters. The van der Waals surface area contributed by atoms with Crippen LogP contribution in [-0.2, 0) is 7.05 Å². The Kier molecular flexibility index (Phi) is 2.23. The zero-order valence-corrected chi connectivity index (χ0v) is 8.60. The van der Waals surface area contributed by atoms with Crippen LogP contribution < -0.4 is 4.74 Å². The second-order valence-corrected chi connectivity index (χ2v) is 4.21. The van der Waals surface area contributed by atoms with Crippen LogP contribution in [0, 0.1) is 0 Å². The molecule has 4 heteroatoms. The third kappa shape index (κ3) is 1.75. The molecule has 1 N–H and O–H groups in total. The predicted octanol–water partition coefficient (Wildman–Crippen LogP) is 1.10. The summed E-state index contributed by atoms with van der Waals surface area (Å²) in [5, 5.41) is 14.0. The second-order valence-electron chi connectivity index (χ2n) is 4.21.